The Morgan fingerprint density at radius 1 is 0.373 bits per heavy atom. The van der Waals surface area contributed by atoms with Crippen LogP contribution in [0.4, 0.5) is 0 Å². The first-order valence-corrected chi connectivity index (χ1v) is 23.4. The van der Waals surface area contributed by atoms with Crippen molar-refractivity contribution in [1.82, 2.24) is 0 Å². The highest BCUT2D eigenvalue weighted by Crippen LogP contribution is 2.11. The van der Waals surface area contributed by atoms with Crippen molar-refractivity contribution in [3.8, 4) is 0 Å². The van der Waals surface area contributed by atoms with Gasteiger partial charge in [-0.25, -0.2) is 0 Å². The summed E-state index contributed by atoms with van der Waals surface area (Å²) in [5.41, 5.74) is 0. The van der Waals surface area contributed by atoms with Gasteiger partial charge in [0.25, 0.3) is 0 Å². The van der Waals surface area contributed by atoms with Crippen LogP contribution in [0.2, 0.25) is 0 Å². The summed E-state index contributed by atoms with van der Waals surface area (Å²) in [4.78, 5) is 37.6. The lowest BCUT2D eigenvalue weighted by atomic mass is 10.1. The Hall–Kier alpha value is -3.93. The van der Waals surface area contributed by atoms with Crippen LogP contribution in [0, 0.1) is 0 Å². The van der Waals surface area contributed by atoms with E-state index in [9.17, 15) is 14.4 Å². The molecular weight excluding hydrogens is 733 g/mol. The minimum absolute atomic E-state index is 0.118. The van der Waals surface area contributed by atoms with Crippen molar-refractivity contribution in [2.45, 2.75) is 194 Å². The van der Waals surface area contributed by atoms with Gasteiger partial charge in [-0.1, -0.05) is 188 Å². The van der Waals surface area contributed by atoms with Gasteiger partial charge in [-0.3, -0.25) is 14.4 Å². The van der Waals surface area contributed by atoms with Gasteiger partial charge in [0.1, 0.15) is 13.2 Å². The molecule has 6 heteroatoms. The normalized spacial score (nSPS) is 13.1. The predicted molar refractivity (Wildman–Crippen MR) is 251 cm³/mol. The van der Waals surface area contributed by atoms with Crippen LogP contribution in [0.5, 0.6) is 0 Å². The van der Waals surface area contributed by atoms with E-state index in [-0.39, 0.29) is 32.0 Å². The van der Waals surface area contributed by atoms with Gasteiger partial charge < -0.3 is 14.2 Å². The first-order chi connectivity index (χ1) is 29.0. The maximum atomic E-state index is 12.7. The zero-order valence-electron chi connectivity index (χ0n) is 37.7. The molecule has 0 fully saturated rings. The molecule has 0 aromatic rings. The molecular formula is C53H84O6. The fourth-order valence-corrected chi connectivity index (χ4v) is 5.84. The summed E-state index contributed by atoms with van der Waals surface area (Å²) in [6, 6.07) is 0. The van der Waals surface area contributed by atoms with E-state index >= 15 is 0 Å². The molecule has 0 amide bonds. The lowest BCUT2D eigenvalue weighted by molar-refractivity contribution is -0.166. The van der Waals surface area contributed by atoms with E-state index in [1.807, 2.05) is 12.2 Å². The zero-order chi connectivity index (χ0) is 43.0. The molecule has 0 saturated carbocycles. The average molecular weight is 817 g/mol. The van der Waals surface area contributed by atoms with Crippen LogP contribution < -0.4 is 0 Å². The molecule has 0 saturated heterocycles. The maximum Gasteiger partial charge on any atom is 0.309 e. The third-order valence-corrected chi connectivity index (χ3v) is 9.29. The Morgan fingerprint density at radius 3 is 1.25 bits per heavy atom. The Morgan fingerprint density at radius 2 is 0.763 bits per heavy atom. The first kappa shape index (κ1) is 55.1. The predicted octanol–water partition coefficient (Wildman–Crippen LogP) is 15.2. The topological polar surface area (TPSA) is 78.9 Å². The number of carbonyl (C=O) groups excluding carboxylic acids is 3. The molecule has 0 aromatic carbocycles. The summed E-state index contributed by atoms with van der Waals surface area (Å²) in [6.45, 7) is 6.21. The second kappa shape index (κ2) is 46.8. The van der Waals surface area contributed by atoms with Crippen molar-refractivity contribution in [1.29, 1.82) is 0 Å². The Labute approximate surface area is 361 Å². The van der Waals surface area contributed by atoms with Gasteiger partial charge in [0.2, 0.25) is 0 Å². The number of carbonyl (C=O) groups is 3. The molecule has 6 nitrogen and oxygen atoms in total. The van der Waals surface area contributed by atoms with Gasteiger partial charge in [0.15, 0.2) is 6.10 Å². The smallest absolute Gasteiger partial charge is 0.309 e. The number of allylic oxidation sites excluding steroid dienone is 17. The number of hydrogen-bond acceptors (Lipinski definition) is 6. The number of esters is 3. The Balaban J connectivity index is 4.48. The van der Waals surface area contributed by atoms with E-state index in [1.54, 1.807) is 6.08 Å². The molecule has 0 spiro atoms. The van der Waals surface area contributed by atoms with Crippen LogP contribution in [0.15, 0.2) is 109 Å². The second-order valence-electron chi connectivity index (χ2n) is 14.9. The minimum Gasteiger partial charge on any atom is -0.462 e. The van der Waals surface area contributed by atoms with Crippen molar-refractivity contribution in [2.75, 3.05) is 13.2 Å². The number of rotatable bonds is 40. The van der Waals surface area contributed by atoms with Crippen LogP contribution in [-0.4, -0.2) is 37.2 Å². The number of unbranched alkanes of at least 4 members (excludes halogenated alkanes) is 12. The average Bonchev–Trinajstić information content (AvgIpc) is 3.23. The van der Waals surface area contributed by atoms with E-state index in [0.717, 1.165) is 89.9 Å². The van der Waals surface area contributed by atoms with E-state index in [0.29, 0.717) is 12.8 Å². The standard InChI is InChI=1S/C53H84O6/c1-4-7-10-13-16-19-21-23-24-25-26-27-28-30-31-34-37-40-43-46-52(55)58-49-50(48-57-51(54)45-42-39-36-33-18-15-12-9-6-3)59-53(56)47-44-41-38-35-32-29-22-20-17-14-11-8-5-2/h7,9-10,12,16,18-19,23-24,26-27,29,32-33,38-39,41-42,50H,4-6,8,11,13-15,17,20-22,25,28,30-31,34-37,40,43-49H2,1-3H3/b10-7-,12-9-,19-16-,24-23-,27-26-,32-29-,33-18-,41-38-,42-39-. The molecule has 0 aromatic heterocycles. The summed E-state index contributed by atoms with van der Waals surface area (Å²) < 4.78 is 16.5. The molecule has 0 aliphatic rings. The highest BCUT2D eigenvalue weighted by atomic mass is 16.6. The van der Waals surface area contributed by atoms with Gasteiger partial charge in [-0.05, 0) is 89.9 Å². The molecule has 0 aliphatic heterocycles. The molecule has 0 radical (unpaired) electrons. The van der Waals surface area contributed by atoms with Crippen molar-refractivity contribution in [3.63, 3.8) is 0 Å². The van der Waals surface area contributed by atoms with E-state index in [2.05, 4.69) is 112 Å². The monoisotopic (exact) mass is 817 g/mol. The quantitative estimate of drug-likeness (QED) is 0.0265. The lowest BCUT2D eigenvalue weighted by Crippen LogP contribution is -2.30. The van der Waals surface area contributed by atoms with E-state index in [4.69, 9.17) is 14.2 Å². The molecule has 0 aliphatic carbocycles. The Kier molecular flexibility index (Phi) is 43.6. The SMILES string of the molecule is CC/C=C\C/C=C\C/C=C\C/C=C\CCCCCCCCC(=O)OCC(COC(=O)C/C=C\C/C=C\C/C=C\CC)OC(=O)CC/C=C\C/C=C\CCCCCCCC. The molecule has 0 rings (SSSR count). The summed E-state index contributed by atoms with van der Waals surface area (Å²) in [5.74, 6) is -1.16. The fourth-order valence-electron chi connectivity index (χ4n) is 5.84. The molecule has 332 valence electrons. The molecule has 1 unspecified atom stereocenters. The van der Waals surface area contributed by atoms with Crippen LogP contribution in [-0.2, 0) is 28.6 Å². The van der Waals surface area contributed by atoms with Crippen molar-refractivity contribution < 1.29 is 28.6 Å². The Bertz CT molecular complexity index is 1260. The largest absolute Gasteiger partial charge is 0.462 e. The van der Waals surface area contributed by atoms with Gasteiger partial charge in [0.05, 0.1) is 6.42 Å². The summed E-state index contributed by atoms with van der Waals surface area (Å²) in [5, 5.41) is 0. The first-order valence-electron chi connectivity index (χ1n) is 23.4. The van der Waals surface area contributed by atoms with Crippen LogP contribution in [0.1, 0.15) is 188 Å². The van der Waals surface area contributed by atoms with Crippen molar-refractivity contribution in [2.24, 2.45) is 0 Å². The lowest BCUT2D eigenvalue weighted by Gasteiger charge is -2.18. The maximum absolute atomic E-state index is 12.7. The van der Waals surface area contributed by atoms with Crippen molar-refractivity contribution in [3.05, 3.63) is 109 Å². The summed E-state index contributed by atoms with van der Waals surface area (Å²) in [7, 11) is 0. The van der Waals surface area contributed by atoms with Gasteiger partial charge >= 0.3 is 17.9 Å². The fraction of sp³-hybridized carbons (Fsp3) is 0.604. The van der Waals surface area contributed by atoms with Crippen LogP contribution in [0.3, 0.4) is 0 Å². The molecule has 1 atom stereocenters. The zero-order valence-corrected chi connectivity index (χ0v) is 37.7. The summed E-state index contributed by atoms with van der Waals surface area (Å²) >= 11 is 0. The second-order valence-corrected chi connectivity index (χ2v) is 14.9. The van der Waals surface area contributed by atoms with Gasteiger partial charge in [-0.2, -0.15) is 0 Å². The molecule has 59 heavy (non-hydrogen) atoms. The number of hydrogen-bond donors (Lipinski definition) is 0. The molecule has 0 N–H and O–H groups in total. The highest BCUT2D eigenvalue weighted by molar-refractivity contribution is 5.72. The minimum atomic E-state index is -0.849. The van der Waals surface area contributed by atoms with Gasteiger partial charge in [-0.15, -0.1) is 0 Å². The van der Waals surface area contributed by atoms with Crippen LogP contribution >= 0.6 is 0 Å². The summed E-state index contributed by atoms with van der Waals surface area (Å²) in [6.07, 6.45) is 62.6. The number of ether oxygens (including phenoxy) is 3. The van der Waals surface area contributed by atoms with Crippen LogP contribution in [0.25, 0.3) is 0 Å². The highest BCUT2D eigenvalue weighted by Gasteiger charge is 2.19. The molecule has 0 bridgehead atoms. The van der Waals surface area contributed by atoms with Crippen molar-refractivity contribution >= 4 is 17.9 Å². The molecule has 0 heterocycles. The van der Waals surface area contributed by atoms with Gasteiger partial charge in [0, 0.05) is 12.8 Å². The van der Waals surface area contributed by atoms with E-state index in [1.165, 1.54) is 51.4 Å². The third kappa shape index (κ3) is 45.0. The van der Waals surface area contributed by atoms with E-state index < -0.39 is 18.0 Å². The third-order valence-electron chi connectivity index (χ3n) is 9.29.